The second kappa shape index (κ2) is 7.02. The first-order chi connectivity index (χ1) is 8.75. The Balaban J connectivity index is 2.54. The third-order valence-corrected chi connectivity index (χ3v) is 6.10. The molecule has 1 N–H and O–H groups in total. The van der Waals surface area contributed by atoms with Crippen molar-refractivity contribution in [3.8, 4) is 0 Å². The molecule has 1 atom stereocenters. The van der Waals surface area contributed by atoms with Crippen LogP contribution in [-0.4, -0.2) is 68.7 Å². The van der Waals surface area contributed by atoms with Crippen LogP contribution < -0.4 is 5.32 Å². The highest BCUT2D eigenvalue weighted by Crippen LogP contribution is 2.19. The van der Waals surface area contributed by atoms with Gasteiger partial charge >= 0.3 is 0 Å². The minimum Gasteiger partial charge on any atom is -0.313 e. The summed E-state index contributed by atoms with van der Waals surface area (Å²) in [6.45, 7) is 7.68. The smallest absolute Gasteiger partial charge is 0.217 e. The molecule has 0 aliphatic carbocycles. The first-order valence-corrected chi connectivity index (χ1v) is 8.64. The molecular formula is C13H29N3O2S. The van der Waals surface area contributed by atoms with E-state index >= 15 is 0 Å². The number of hydrogen-bond donors (Lipinski definition) is 1. The number of rotatable bonds is 6. The van der Waals surface area contributed by atoms with Gasteiger partial charge in [0, 0.05) is 31.7 Å². The first kappa shape index (κ1) is 16.9. The van der Waals surface area contributed by atoms with Crippen molar-refractivity contribution in [2.45, 2.75) is 50.9 Å². The normalized spacial score (nSPS) is 21.2. The molecule has 1 saturated heterocycles. The maximum Gasteiger partial charge on any atom is 0.217 e. The molecule has 1 fully saturated rings. The molecule has 6 heteroatoms. The van der Waals surface area contributed by atoms with Crippen LogP contribution in [0.25, 0.3) is 0 Å². The van der Waals surface area contributed by atoms with Gasteiger partial charge in [-0.05, 0) is 33.9 Å². The molecule has 0 radical (unpaired) electrons. The lowest BCUT2D eigenvalue weighted by atomic mass is 10.1. The van der Waals surface area contributed by atoms with Gasteiger partial charge in [0.25, 0.3) is 0 Å². The summed E-state index contributed by atoms with van der Waals surface area (Å²) >= 11 is 0. The van der Waals surface area contributed by atoms with Crippen molar-refractivity contribution in [1.82, 2.24) is 14.5 Å². The maximum absolute atomic E-state index is 12.4. The zero-order chi connectivity index (χ0) is 14.6. The Hall–Kier alpha value is -0.170. The second-order valence-corrected chi connectivity index (χ2v) is 8.36. The molecule has 0 aromatic heterocycles. The van der Waals surface area contributed by atoms with Crippen LogP contribution in [0.2, 0.25) is 0 Å². The van der Waals surface area contributed by atoms with E-state index in [1.54, 1.807) is 11.2 Å². The second-order valence-electron chi connectivity index (χ2n) is 6.01. The standard InChI is InChI=1S/C13H29N3O2S/c1-11(2)14-10-12(3)19(17,18)16-8-6-13(7-9-16)15(4)5/h11-14H,6-10H2,1-5H3. The number of sulfonamides is 1. The summed E-state index contributed by atoms with van der Waals surface area (Å²) in [6, 6.07) is 0.827. The zero-order valence-electron chi connectivity index (χ0n) is 12.9. The molecule has 1 aliphatic heterocycles. The average Bonchev–Trinajstić information content (AvgIpc) is 2.35. The number of hydrogen-bond acceptors (Lipinski definition) is 4. The molecule has 1 unspecified atom stereocenters. The first-order valence-electron chi connectivity index (χ1n) is 7.14. The quantitative estimate of drug-likeness (QED) is 0.784. The van der Waals surface area contributed by atoms with Crippen LogP contribution >= 0.6 is 0 Å². The number of piperidine rings is 1. The van der Waals surface area contributed by atoms with E-state index in [4.69, 9.17) is 0 Å². The monoisotopic (exact) mass is 291 g/mol. The minimum atomic E-state index is -3.15. The van der Waals surface area contributed by atoms with Gasteiger partial charge in [0.05, 0.1) is 5.25 Å². The Labute approximate surface area is 118 Å². The lowest BCUT2D eigenvalue weighted by Crippen LogP contribution is -2.49. The van der Waals surface area contributed by atoms with Crippen molar-refractivity contribution in [2.75, 3.05) is 33.7 Å². The molecule has 1 heterocycles. The van der Waals surface area contributed by atoms with Crippen molar-refractivity contribution in [3.05, 3.63) is 0 Å². The van der Waals surface area contributed by atoms with Gasteiger partial charge in [-0.3, -0.25) is 0 Å². The summed E-state index contributed by atoms with van der Waals surface area (Å²) in [7, 11) is 0.965. The predicted molar refractivity (Wildman–Crippen MR) is 79.8 cm³/mol. The summed E-state index contributed by atoms with van der Waals surface area (Å²) in [5.74, 6) is 0. The van der Waals surface area contributed by atoms with E-state index in [1.165, 1.54) is 0 Å². The Morgan fingerprint density at radius 2 is 1.74 bits per heavy atom. The van der Waals surface area contributed by atoms with Crippen LogP contribution in [-0.2, 0) is 10.0 Å². The molecule has 0 amide bonds. The van der Waals surface area contributed by atoms with Gasteiger partial charge in [-0.15, -0.1) is 0 Å². The Bertz CT molecular complexity index is 360. The summed E-state index contributed by atoms with van der Waals surface area (Å²) < 4.78 is 26.6. The van der Waals surface area contributed by atoms with E-state index < -0.39 is 10.0 Å². The molecule has 0 saturated carbocycles. The van der Waals surface area contributed by atoms with Crippen LogP contribution in [0.15, 0.2) is 0 Å². The van der Waals surface area contributed by atoms with Crippen LogP contribution in [0.3, 0.4) is 0 Å². The molecule has 0 bridgehead atoms. The zero-order valence-corrected chi connectivity index (χ0v) is 13.7. The third kappa shape index (κ3) is 4.70. The average molecular weight is 291 g/mol. The SMILES string of the molecule is CC(C)NCC(C)S(=O)(=O)N1CCC(N(C)C)CC1. The lowest BCUT2D eigenvalue weighted by Gasteiger charge is -2.35. The highest BCUT2D eigenvalue weighted by molar-refractivity contribution is 7.89. The van der Waals surface area contributed by atoms with Crippen molar-refractivity contribution in [1.29, 1.82) is 0 Å². The van der Waals surface area contributed by atoms with Crippen LogP contribution in [0.5, 0.6) is 0 Å². The van der Waals surface area contributed by atoms with E-state index in [-0.39, 0.29) is 5.25 Å². The lowest BCUT2D eigenvalue weighted by molar-refractivity contribution is 0.196. The molecule has 0 aromatic carbocycles. The fraction of sp³-hybridized carbons (Fsp3) is 1.00. The van der Waals surface area contributed by atoms with E-state index in [2.05, 4.69) is 24.3 Å². The molecule has 0 aromatic rings. The van der Waals surface area contributed by atoms with E-state index in [9.17, 15) is 8.42 Å². The van der Waals surface area contributed by atoms with Crippen molar-refractivity contribution >= 4 is 10.0 Å². The summed E-state index contributed by atoms with van der Waals surface area (Å²) in [4.78, 5) is 2.19. The Morgan fingerprint density at radius 1 is 1.21 bits per heavy atom. The number of nitrogens with one attached hydrogen (secondary N) is 1. The predicted octanol–water partition coefficient (Wildman–Crippen LogP) is 0.729. The topological polar surface area (TPSA) is 52.7 Å². The Morgan fingerprint density at radius 3 is 2.16 bits per heavy atom. The molecule has 5 nitrogen and oxygen atoms in total. The van der Waals surface area contributed by atoms with E-state index in [0.29, 0.717) is 31.7 Å². The fourth-order valence-corrected chi connectivity index (χ4v) is 3.91. The summed E-state index contributed by atoms with van der Waals surface area (Å²) in [6.07, 6.45) is 1.85. The molecular weight excluding hydrogens is 262 g/mol. The van der Waals surface area contributed by atoms with Gasteiger partial charge in [0.15, 0.2) is 0 Å². The van der Waals surface area contributed by atoms with Gasteiger partial charge in [-0.1, -0.05) is 13.8 Å². The summed E-state index contributed by atoms with van der Waals surface area (Å²) in [5, 5.41) is 2.85. The molecule has 114 valence electrons. The highest BCUT2D eigenvalue weighted by Gasteiger charge is 2.32. The van der Waals surface area contributed by atoms with E-state index in [1.807, 2.05) is 13.8 Å². The van der Waals surface area contributed by atoms with Crippen LogP contribution in [0.1, 0.15) is 33.6 Å². The number of nitrogens with zero attached hydrogens (tertiary/aromatic N) is 2. The molecule has 0 spiro atoms. The van der Waals surface area contributed by atoms with Gasteiger partial charge in [-0.25, -0.2) is 12.7 Å². The van der Waals surface area contributed by atoms with Crippen LogP contribution in [0.4, 0.5) is 0 Å². The largest absolute Gasteiger partial charge is 0.313 e. The minimum absolute atomic E-state index is 0.317. The van der Waals surface area contributed by atoms with Gasteiger partial charge in [-0.2, -0.15) is 0 Å². The molecule has 1 aliphatic rings. The van der Waals surface area contributed by atoms with Gasteiger partial charge in [0.2, 0.25) is 10.0 Å². The van der Waals surface area contributed by atoms with Crippen molar-refractivity contribution in [3.63, 3.8) is 0 Å². The molecule has 1 rings (SSSR count). The van der Waals surface area contributed by atoms with Crippen molar-refractivity contribution < 1.29 is 8.42 Å². The van der Waals surface area contributed by atoms with Crippen LogP contribution in [0, 0.1) is 0 Å². The summed E-state index contributed by atoms with van der Waals surface area (Å²) in [5.41, 5.74) is 0. The maximum atomic E-state index is 12.4. The fourth-order valence-electron chi connectivity index (χ4n) is 2.37. The van der Waals surface area contributed by atoms with Gasteiger partial charge < -0.3 is 10.2 Å². The molecule has 19 heavy (non-hydrogen) atoms. The Kier molecular flexibility index (Phi) is 6.23. The third-order valence-electron chi connectivity index (χ3n) is 3.84. The van der Waals surface area contributed by atoms with Crippen molar-refractivity contribution in [2.24, 2.45) is 0 Å². The van der Waals surface area contributed by atoms with Gasteiger partial charge in [0.1, 0.15) is 0 Å². The van der Waals surface area contributed by atoms with E-state index in [0.717, 1.165) is 12.8 Å². The highest BCUT2D eigenvalue weighted by atomic mass is 32.2.